The third-order valence-corrected chi connectivity index (χ3v) is 3.87. The van der Waals surface area contributed by atoms with Gasteiger partial charge in [0.2, 0.25) is 0 Å². The fourth-order valence-electron chi connectivity index (χ4n) is 2.28. The van der Waals surface area contributed by atoms with E-state index in [2.05, 4.69) is 19.9 Å². The summed E-state index contributed by atoms with van der Waals surface area (Å²) in [5, 5.41) is 2.02. The Hall–Kier alpha value is -0.870. The van der Waals surface area contributed by atoms with Crippen LogP contribution in [-0.4, -0.2) is 19.1 Å². The summed E-state index contributed by atoms with van der Waals surface area (Å²) in [4.78, 5) is 13.4. The maximum Gasteiger partial charge on any atom is 0.313 e. The molecule has 1 rings (SSSR count). The number of rotatable bonds is 7. The molecule has 102 valence electrons. The van der Waals surface area contributed by atoms with Crippen molar-refractivity contribution in [2.75, 3.05) is 13.2 Å². The summed E-state index contributed by atoms with van der Waals surface area (Å²) in [6.45, 7) is 6.79. The summed E-state index contributed by atoms with van der Waals surface area (Å²) in [7, 11) is 0. The van der Waals surface area contributed by atoms with Crippen LogP contribution in [0.3, 0.4) is 0 Å². The van der Waals surface area contributed by atoms with Crippen molar-refractivity contribution in [2.24, 2.45) is 17.1 Å². The zero-order valence-electron chi connectivity index (χ0n) is 11.4. The minimum Gasteiger partial charge on any atom is -0.466 e. The van der Waals surface area contributed by atoms with Gasteiger partial charge in [0.15, 0.2) is 0 Å². The lowest BCUT2D eigenvalue weighted by Crippen LogP contribution is -2.43. The second kappa shape index (κ2) is 6.90. The largest absolute Gasteiger partial charge is 0.466 e. The molecule has 1 aromatic heterocycles. The van der Waals surface area contributed by atoms with Crippen molar-refractivity contribution in [3.63, 3.8) is 0 Å². The Morgan fingerprint density at radius 2 is 2.28 bits per heavy atom. The number of hydrogen-bond acceptors (Lipinski definition) is 4. The van der Waals surface area contributed by atoms with Crippen LogP contribution < -0.4 is 5.73 Å². The normalized spacial score (nSPS) is 14.5. The third kappa shape index (κ3) is 3.82. The Morgan fingerprint density at radius 1 is 1.56 bits per heavy atom. The molecule has 0 aliphatic rings. The molecule has 1 unspecified atom stereocenters. The summed E-state index contributed by atoms with van der Waals surface area (Å²) in [6.07, 6.45) is 1.44. The van der Waals surface area contributed by atoms with E-state index in [1.54, 1.807) is 11.3 Å². The summed E-state index contributed by atoms with van der Waals surface area (Å²) in [5.74, 6) is 0.257. The lowest BCUT2D eigenvalue weighted by atomic mass is 9.77. The van der Waals surface area contributed by atoms with E-state index in [4.69, 9.17) is 10.5 Å². The first kappa shape index (κ1) is 15.2. The first-order chi connectivity index (χ1) is 8.54. The monoisotopic (exact) mass is 269 g/mol. The van der Waals surface area contributed by atoms with Gasteiger partial charge >= 0.3 is 5.97 Å². The van der Waals surface area contributed by atoms with Crippen molar-refractivity contribution in [1.29, 1.82) is 0 Å². The molecule has 4 heteroatoms. The van der Waals surface area contributed by atoms with E-state index in [0.717, 1.165) is 6.42 Å². The SMILES string of the molecule is CCOC(=O)C(CN)(Cc1cccs1)CC(C)C. The number of hydrogen-bond donors (Lipinski definition) is 1. The minimum absolute atomic E-state index is 0.158. The van der Waals surface area contributed by atoms with E-state index in [1.807, 2.05) is 18.4 Å². The van der Waals surface area contributed by atoms with Crippen LogP contribution in [0.5, 0.6) is 0 Å². The Morgan fingerprint density at radius 3 is 2.72 bits per heavy atom. The molecule has 0 saturated carbocycles. The third-order valence-electron chi connectivity index (χ3n) is 2.99. The van der Waals surface area contributed by atoms with Crippen LogP contribution in [0.2, 0.25) is 0 Å². The van der Waals surface area contributed by atoms with E-state index in [1.165, 1.54) is 4.88 Å². The Balaban J connectivity index is 2.93. The predicted octanol–water partition coefficient (Wildman–Crippen LogP) is 2.84. The van der Waals surface area contributed by atoms with Gasteiger partial charge in [-0.15, -0.1) is 11.3 Å². The average Bonchev–Trinajstić information content (AvgIpc) is 2.80. The van der Waals surface area contributed by atoms with Crippen LogP contribution in [0.4, 0.5) is 0 Å². The predicted molar refractivity (Wildman–Crippen MR) is 75.6 cm³/mol. The van der Waals surface area contributed by atoms with Gasteiger partial charge in [-0.2, -0.15) is 0 Å². The molecule has 1 aromatic rings. The molecular weight excluding hydrogens is 246 g/mol. The van der Waals surface area contributed by atoms with Crippen molar-refractivity contribution in [3.05, 3.63) is 22.4 Å². The van der Waals surface area contributed by atoms with Crippen LogP contribution in [0.25, 0.3) is 0 Å². The molecule has 0 aromatic carbocycles. The van der Waals surface area contributed by atoms with Crippen LogP contribution in [-0.2, 0) is 16.0 Å². The molecular formula is C14H23NO2S. The highest BCUT2D eigenvalue weighted by Crippen LogP contribution is 2.33. The molecule has 2 N–H and O–H groups in total. The van der Waals surface area contributed by atoms with Gasteiger partial charge < -0.3 is 10.5 Å². The van der Waals surface area contributed by atoms with E-state index < -0.39 is 5.41 Å². The standard InChI is InChI=1S/C14H23NO2S/c1-4-17-13(16)14(10-15,8-11(2)3)9-12-6-5-7-18-12/h5-7,11H,4,8-10,15H2,1-3H3. The fraction of sp³-hybridized carbons (Fsp3) is 0.643. The molecule has 3 nitrogen and oxygen atoms in total. The van der Waals surface area contributed by atoms with Gasteiger partial charge in [0, 0.05) is 11.4 Å². The summed E-state index contributed by atoms with van der Waals surface area (Å²) >= 11 is 1.66. The maximum atomic E-state index is 12.3. The van der Waals surface area contributed by atoms with Gasteiger partial charge in [-0.25, -0.2) is 0 Å². The van der Waals surface area contributed by atoms with Crippen LogP contribution in [0, 0.1) is 11.3 Å². The molecule has 18 heavy (non-hydrogen) atoms. The van der Waals surface area contributed by atoms with Crippen molar-refractivity contribution >= 4 is 17.3 Å². The smallest absolute Gasteiger partial charge is 0.313 e. The lowest BCUT2D eigenvalue weighted by Gasteiger charge is -2.31. The molecule has 1 heterocycles. The maximum absolute atomic E-state index is 12.3. The van der Waals surface area contributed by atoms with Gasteiger partial charge in [-0.05, 0) is 37.1 Å². The number of thiophene rings is 1. The van der Waals surface area contributed by atoms with Gasteiger partial charge in [0.1, 0.15) is 0 Å². The molecule has 0 amide bonds. The molecule has 0 aliphatic carbocycles. The summed E-state index contributed by atoms with van der Waals surface area (Å²) in [6, 6.07) is 4.05. The highest BCUT2D eigenvalue weighted by atomic mass is 32.1. The first-order valence-electron chi connectivity index (χ1n) is 6.43. The number of esters is 1. The van der Waals surface area contributed by atoms with Crippen LogP contribution in [0.1, 0.15) is 32.1 Å². The number of nitrogens with two attached hydrogens (primary N) is 1. The molecule has 0 radical (unpaired) electrons. The molecule has 1 atom stereocenters. The van der Waals surface area contributed by atoms with Crippen molar-refractivity contribution in [1.82, 2.24) is 0 Å². The molecule has 0 aliphatic heterocycles. The van der Waals surface area contributed by atoms with Gasteiger partial charge in [-0.3, -0.25) is 4.79 Å². The minimum atomic E-state index is -0.574. The van der Waals surface area contributed by atoms with E-state index in [0.29, 0.717) is 25.5 Å². The average molecular weight is 269 g/mol. The molecule has 0 saturated heterocycles. The lowest BCUT2D eigenvalue weighted by molar-refractivity contribution is -0.156. The van der Waals surface area contributed by atoms with Crippen LogP contribution in [0.15, 0.2) is 17.5 Å². The molecule has 0 fully saturated rings. The quantitative estimate of drug-likeness (QED) is 0.774. The van der Waals surface area contributed by atoms with Crippen molar-refractivity contribution in [3.8, 4) is 0 Å². The van der Waals surface area contributed by atoms with Gasteiger partial charge in [0.25, 0.3) is 0 Å². The van der Waals surface area contributed by atoms with Gasteiger partial charge in [0.05, 0.1) is 12.0 Å². The van der Waals surface area contributed by atoms with Gasteiger partial charge in [-0.1, -0.05) is 19.9 Å². The Labute approximate surface area is 113 Å². The van der Waals surface area contributed by atoms with E-state index in [9.17, 15) is 4.79 Å². The van der Waals surface area contributed by atoms with Crippen molar-refractivity contribution < 1.29 is 9.53 Å². The van der Waals surface area contributed by atoms with Crippen molar-refractivity contribution in [2.45, 2.75) is 33.6 Å². The number of carbonyl (C=O) groups is 1. The summed E-state index contributed by atoms with van der Waals surface area (Å²) in [5.41, 5.74) is 5.33. The zero-order chi connectivity index (χ0) is 13.6. The molecule has 0 bridgehead atoms. The fourth-order valence-corrected chi connectivity index (χ4v) is 3.13. The topological polar surface area (TPSA) is 52.3 Å². The molecule has 0 spiro atoms. The number of carbonyl (C=O) groups excluding carboxylic acids is 1. The van der Waals surface area contributed by atoms with E-state index in [-0.39, 0.29) is 5.97 Å². The highest BCUT2D eigenvalue weighted by Gasteiger charge is 2.39. The first-order valence-corrected chi connectivity index (χ1v) is 7.31. The number of ether oxygens (including phenoxy) is 1. The second-order valence-electron chi connectivity index (χ2n) is 5.06. The van der Waals surface area contributed by atoms with Crippen LogP contribution >= 0.6 is 11.3 Å². The Kier molecular flexibility index (Phi) is 5.82. The second-order valence-corrected chi connectivity index (χ2v) is 6.09. The Bertz CT molecular complexity index is 362. The highest BCUT2D eigenvalue weighted by molar-refractivity contribution is 7.09. The summed E-state index contributed by atoms with van der Waals surface area (Å²) < 4.78 is 5.23. The zero-order valence-corrected chi connectivity index (χ0v) is 12.3. The van der Waals surface area contributed by atoms with E-state index >= 15 is 0 Å².